The maximum atomic E-state index is 12.2. The zero-order valence-corrected chi connectivity index (χ0v) is 13.7. The van der Waals surface area contributed by atoms with Crippen LogP contribution in [-0.4, -0.2) is 44.3 Å². The van der Waals surface area contributed by atoms with E-state index in [4.69, 9.17) is 5.73 Å². The van der Waals surface area contributed by atoms with Gasteiger partial charge < -0.3 is 5.73 Å². The van der Waals surface area contributed by atoms with Crippen molar-refractivity contribution in [3.63, 3.8) is 0 Å². The standard InChI is InChI=1S/C15H23N5O.ClH/c1-12(16)13-6-2-4-8-18(13)10-11-20-15(21)19-9-5-3-7-14(19)17-20;/h3,5,7,9,12-13H,2,4,6,8,10-11,16H2,1H3;1H. The molecule has 2 unspecified atom stereocenters. The number of rotatable bonds is 4. The lowest BCUT2D eigenvalue weighted by Crippen LogP contribution is -2.50. The summed E-state index contributed by atoms with van der Waals surface area (Å²) in [6.07, 6.45) is 5.37. The molecule has 7 heteroatoms. The van der Waals surface area contributed by atoms with Gasteiger partial charge in [0, 0.05) is 24.8 Å². The first-order chi connectivity index (χ1) is 10.2. The van der Waals surface area contributed by atoms with Crippen molar-refractivity contribution >= 4 is 18.1 Å². The molecule has 2 N–H and O–H groups in total. The lowest BCUT2D eigenvalue weighted by atomic mass is 9.97. The van der Waals surface area contributed by atoms with Crippen molar-refractivity contribution in [1.82, 2.24) is 19.1 Å². The van der Waals surface area contributed by atoms with Crippen LogP contribution < -0.4 is 11.4 Å². The molecule has 0 spiro atoms. The number of hydrogen-bond acceptors (Lipinski definition) is 4. The van der Waals surface area contributed by atoms with Gasteiger partial charge in [0.1, 0.15) is 0 Å². The number of pyridine rings is 1. The van der Waals surface area contributed by atoms with E-state index < -0.39 is 0 Å². The van der Waals surface area contributed by atoms with E-state index in [2.05, 4.69) is 16.9 Å². The third-order valence-electron chi connectivity index (χ3n) is 4.36. The molecule has 3 rings (SSSR count). The molecule has 22 heavy (non-hydrogen) atoms. The van der Waals surface area contributed by atoms with Crippen LogP contribution >= 0.6 is 12.4 Å². The molecule has 3 heterocycles. The van der Waals surface area contributed by atoms with Gasteiger partial charge in [0.15, 0.2) is 5.65 Å². The number of nitrogens with zero attached hydrogens (tertiary/aromatic N) is 4. The first-order valence-electron chi connectivity index (χ1n) is 7.70. The molecule has 1 fully saturated rings. The highest BCUT2D eigenvalue weighted by Gasteiger charge is 2.25. The Morgan fingerprint density at radius 1 is 1.36 bits per heavy atom. The van der Waals surface area contributed by atoms with Crippen LogP contribution in [0.1, 0.15) is 26.2 Å². The lowest BCUT2D eigenvalue weighted by molar-refractivity contribution is 0.124. The Kier molecular flexibility index (Phi) is 5.61. The van der Waals surface area contributed by atoms with Crippen molar-refractivity contribution in [3.05, 3.63) is 34.9 Å². The van der Waals surface area contributed by atoms with E-state index in [9.17, 15) is 4.79 Å². The highest BCUT2D eigenvalue weighted by atomic mass is 35.5. The van der Waals surface area contributed by atoms with Gasteiger partial charge in [0.25, 0.3) is 0 Å². The van der Waals surface area contributed by atoms with Gasteiger partial charge in [-0.3, -0.25) is 9.30 Å². The third kappa shape index (κ3) is 3.34. The molecule has 2 aromatic heterocycles. The summed E-state index contributed by atoms with van der Waals surface area (Å²) in [6.45, 7) is 4.58. The van der Waals surface area contributed by atoms with Crippen LogP contribution in [0, 0.1) is 0 Å². The molecule has 1 aliphatic heterocycles. The zero-order chi connectivity index (χ0) is 14.8. The number of likely N-dealkylation sites (tertiary alicyclic amines) is 1. The molecule has 2 aromatic rings. The first-order valence-corrected chi connectivity index (χ1v) is 7.70. The maximum absolute atomic E-state index is 12.2. The van der Waals surface area contributed by atoms with Crippen LogP contribution in [0.2, 0.25) is 0 Å². The Labute approximate surface area is 136 Å². The summed E-state index contributed by atoms with van der Waals surface area (Å²) in [5.74, 6) is 0. The van der Waals surface area contributed by atoms with Crippen molar-refractivity contribution in [2.75, 3.05) is 13.1 Å². The summed E-state index contributed by atoms with van der Waals surface area (Å²) >= 11 is 0. The zero-order valence-electron chi connectivity index (χ0n) is 12.9. The van der Waals surface area contributed by atoms with Crippen LogP contribution in [0.4, 0.5) is 0 Å². The normalized spacial score (nSPS) is 20.7. The number of piperidine rings is 1. The monoisotopic (exact) mass is 325 g/mol. The predicted octanol–water partition coefficient (Wildman–Crippen LogP) is 1.12. The van der Waals surface area contributed by atoms with Gasteiger partial charge in [-0.15, -0.1) is 17.5 Å². The van der Waals surface area contributed by atoms with Crippen LogP contribution in [0.15, 0.2) is 29.2 Å². The molecule has 122 valence electrons. The van der Waals surface area contributed by atoms with E-state index in [0.29, 0.717) is 18.2 Å². The average Bonchev–Trinajstić information content (AvgIpc) is 2.82. The Morgan fingerprint density at radius 2 is 2.18 bits per heavy atom. The molecular weight excluding hydrogens is 302 g/mol. The van der Waals surface area contributed by atoms with E-state index in [-0.39, 0.29) is 24.1 Å². The molecule has 0 saturated carbocycles. The Hall–Kier alpha value is -1.37. The van der Waals surface area contributed by atoms with Gasteiger partial charge in [-0.05, 0) is 38.4 Å². The molecule has 6 nitrogen and oxygen atoms in total. The van der Waals surface area contributed by atoms with E-state index in [1.165, 1.54) is 12.8 Å². The highest BCUT2D eigenvalue weighted by Crippen LogP contribution is 2.18. The van der Waals surface area contributed by atoms with Gasteiger partial charge in [0.2, 0.25) is 0 Å². The van der Waals surface area contributed by atoms with Gasteiger partial charge in [-0.25, -0.2) is 9.48 Å². The van der Waals surface area contributed by atoms with Crippen LogP contribution in [0.5, 0.6) is 0 Å². The summed E-state index contributed by atoms with van der Waals surface area (Å²) in [4.78, 5) is 14.6. The summed E-state index contributed by atoms with van der Waals surface area (Å²) in [7, 11) is 0. The molecule has 0 bridgehead atoms. The van der Waals surface area contributed by atoms with E-state index in [1.54, 1.807) is 15.3 Å². The molecule has 2 atom stereocenters. The van der Waals surface area contributed by atoms with Crippen LogP contribution in [0.25, 0.3) is 5.65 Å². The average molecular weight is 326 g/mol. The molecule has 1 saturated heterocycles. The maximum Gasteiger partial charge on any atom is 0.350 e. The minimum atomic E-state index is -0.0695. The fourth-order valence-electron chi connectivity index (χ4n) is 3.23. The number of halogens is 1. The summed E-state index contributed by atoms with van der Waals surface area (Å²) < 4.78 is 3.14. The third-order valence-corrected chi connectivity index (χ3v) is 4.36. The van der Waals surface area contributed by atoms with Gasteiger partial charge in [0.05, 0.1) is 6.54 Å². The number of nitrogens with two attached hydrogens (primary N) is 1. The quantitative estimate of drug-likeness (QED) is 0.914. The predicted molar refractivity (Wildman–Crippen MR) is 89.6 cm³/mol. The molecule has 0 aliphatic carbocycles. The largest absolute Gasteiger partial charge is 0.350 e. The highest BCUT2D eigenvalue weighted by molar-refractivity contribution is 5.85. The van der Waals surface area contributed by atoms with E-state index in [1.807, 2.05) is 18.2 Å². The minimum Gasteiger partial charge on any atom is -0.327 e. The number of aromatic nitrogens is 3. The fourth-order valence-corrected chi connectivity index (χ4v) is 3.23. The van der Waals surface area contributed by atoms with Crippen molar-refractivity contribution in [3.8, 4) is 0 Å². The van der Waals surface area contributed by atoms with E-state index in [0.717, 1.165) is 19.5 Å². The van der Waals surface area contributed by atoms with Gasteiger partial charge in [-0.2, -0.15) is 0 Å². The van der Waals surface area contributed by atoms with Crippen molar-refractivity contribution < 1.29 is 0 Å². The smallest absolute Gasteiger partial charge is 0.327 e. The van der Waals surface area contributed by atoms with Crippen LogP contribution in [-0.2, 0) is 6.54 Å². The van der Waals surface area contributed by atoms with Gasteiger partial charge >= 0.3 is 5.69 Å². The summed E-state index contributed by atoms with van der Waals surface area (Å²) in [5, 5.41) is 4.38. The van der Waals surface area contributed by atoms with Crippen molar-refractivity contribution in [2.45, 2.75) is 44.8 Å². The molecule has 0 aromatic carbocycles. The number of fused-ring (bicyclic) bond motifs is 1. The van der Waals surface area contributed by atoms with Crippen molar-refractivity contribution in [1.29, 1.82) is 0 Å². The van der Waals surface area contributed by atoms with Crippen molar-refractivity contribution in [2.24, 2.45) is 5.73 Å². The van der Waals surface area contributed by atoms with E-state index >= 15 is 0 Å². The van der Waals surface area contributed by atoms with Gasteiger partial charge in [-0.1, -0.05) is 12.5 Å². The second-order valence-electron chi connectivity index (χ2n) is 5.89. The Bertz CT molecular complexity index is 665. The number of hydrogen-bond donors (Lipinski definition) is 1. The SMILES string of the molecule is CC(N)C1CCCCN1CCn1nc2ccccn2c1=O.Cl. The minimum absolute atomic E-state index is 0. The second-order valence-corrected chi connectivity index (χ2v) is 5.89. The molecular formula is C15H24ClN5O. The summed E-state index contributed by atoms with van der Waals surface area (Å²) in [6, 6.07) is 6.18. The second kappa shape index (κ2) is 7.26. The molecule has 0 amide bonds. The Morgan fingerprint density at radius 3 is 2.91 bits per heavy atom. The lowest BCUT2D eigenvalue weighted by Gasteiger charge is -2.37. The van der Waals surface area contributed by atoms with Crippen LogP contribution in [0.3, 0.4) is 0 Å². The summed E-state index contributed by atoms with van der Waals surface area (Å²) in [5.41, 5.74) is 6.72. The fraction of sp³-hybridized carbons (Fsp3) is 0.600. The topological polar surface area (TPSA) is 68.6 Å². The molecule has 0 radical (unpaired) electrons. The first kappa shape index (κ1) is 17.0. The Balaban J connectivity index is 0.00000176. The molecule has 1 aliphatic rings.